The van der Waals surface area contributed by atoms with Gasteiger partial charge in [-0.25, -0.2) is 4.79 Å². The summed E-state index contributed by atoms with van der Waals surface area (Å²) >= 11 is 0. The molecule has 0 atom stereocenters. The molecule has 2 N–H and O–H groups in total. The molecule has 1 aliphatic rings. The van der Waals surface area contributed by atoms with E-state index < -0.39 is 0 Å². The highest BCUT2D eigenvalue weighted by atomic mass is 16.5. The molecule has 0 aliphatic heterocycles. The van der Waals surface area contributed by atoms with Gasteiger partial charge in [0.05, 0.1) is 17.9 Å². The second-order valence-corrected chi connectivity index (χ2v) is 5.62. The van der Waals surface area contributed by atoms with E-state index in [1.54, 1.807) is 18.2 Å². The fourth-order valence-electron chi connectivity index (χ4n) is 2.54. The number of nitrogen functional groups attached to an aromatic ring is 1. The van der Waals surface area contributed by atoms with Crippen LogP contribution in [0.4, 0.5) is 5.69 Å². The minimum atomic E-state index is -0.284. The lowest BCUT2D eigenvalue weighted by molar-refractivity contribution is 0.0211. The number of anilines is 1. The Balaban J connectivity index is 1.93. The van der Waals surface area contributed by atoms with Crippen molar-refractivity contribution in [3.63, 3.8) is 0 Å². The summed E-state index contributed by atoms with van der Waals surface area (Å²) in [5.41, 5.74) is 6.93. The van der Waals surface area contributed by atoms with Gasteiger partial charge in [0.25, 0.3) is 0 Å². The quantitative estimate of drug-likeness (QED) is 0.490. The third kappa shape index (κ3) is 4.66. The summed E-state index contributed by atoms with van der Waals surface area (Å²) in [6.07, 6.45) is 7.60. The van der Waals surface area contributed by atoms with Crippen LogP contribution in [0.5, 0.6) is 5.75 Å². The molecular weight excluding hydrogens is 266 g/mol. The van der Waals surface area contributed by atoms with E-state index in [2.05, 4.69) is 6.92 Å². The van der Waals surface area contributed by atoms with Crippen LogP contribution in [0.2, 0.25) is 0 Å². The molecule has 0 saturated heterocycles. The van der Waals surface area contributed by atoms with Crippen molar-refractivity contribution in [2.45, 2.75) is 58.0 Å². The molecule has 0 radical (unpaired) electrons. The van der Waals surface area contributed by atoms with E-state index in [4.69, 9.17) is 15.2 Å². The van der Waals surface area contributed by atoms with Crippen molar-refractivity contribution < 1.29 is 14.3 Å². The number of unbranched alkanes of at least 4 members (excludes halogenated alkanes) is 1. The van der Waals surface area contributed by atoms with Crippen LogP contribution in [0, 0.1) is 0 Å². The highest BCUT2D eigenvalue weighted by Gasteiger charge is 2.19. The van der Waals surface area contributed by atoms with Gasteiger partial charge in [0.15, 0.2) is 0 Å². The summed E-state index contributed by atoms with van der Waals surface area (Å²) in [6, 6.07) is 5.12. The molecule has 1 saturated carbocycles. The zero-order valence-corrected chi connectivity index (χ0v) is 12.8. The maximum atomic E-state index is 12.1. The van der Waals surface area contributed by atoms with Crippen molar-refractivity contribution in [3.8, 4) is 5.75 Å². The Morgan fingerprint density at radius 2 is 2.05 bits per heavy atom. The fourth-order valence-corrected chi connectivity index (χ4v) is 2.54. The Kier molecular flexibility index (Phi) is 5.90. The van der Waals surface area contributed by atoms with Crippen LogP contribution in [-0.4, -0.2) is 18.7 Å². The molecule has 0 amide bonds. The highest BCUT2D eigenvalue weighted by Crippen LogP contribution is 2.25. The second-order valence-electron chi connectivity index (χ2n) is 5.62. The SMILES string of the molecule is CCCCOc1ccc(C(=O)OC2CCCCC2)cc1N. The van der Waals surface area contributed by atoms with E-state index in [0.717, 1.165) is 38.5 Å². The van der Waals surface area contributed by atoms with Gasteiger partial charge in [0.2, 0.25) is 0 Å². The van der Waals surface area contributed by atoms with Gasteiger partial charge in [-0.05, 0) is 50.3 Å². The van der Waals surface area contributed by atoms with Crippen molar-refractivity contribution in [1.82, 2.24) is 0 Å². The molecule has 0 heterocycles. The van der Waals surface area contributed by atoms with Crippen LogP contribution >= 0.6 is 0 Å². The number of hydrogen-bond acceptors (Lipinski definition) is 4. The lowest BCUT2D eigenvalue weighted by atomic mass is 9.98. The number of nitrogens with two attached hydrogens (primary N) is 1. The zero-order chi connectivity index (χ0) is 15.1. The first-order valence-corrected chi connectivity index (χ1v) is 7.94. The first-order valence-electron chi connectivity index (χ1n) is 7.94. The molecule has 0 bridgehead atoms. The van der Waals surface area contributed by atoms with Gasteiger partial charge in [0, 0.05) is 0 Å². The first-order chi connectivity index (χ1) is 10.2. The molecule has 1 aromatic rings. The van der Waals surface area contributed by atoms with E-state index in [1.807, 2.05) is 0 Å². The molecule has 1 aliphatic carbocycles. The van der Waals surface area contributed by atoms with E-state index in [9.17, 15) is 4.79 Å². The number of benzene rings is 1. The monoisotopic (exact) mass is 291 g/mol. The Hall–Kier alpha value is -1.71. The summed E-state index contributed by atoms with van der Waals surface area (Å²) in [7, 11) is 0. The lowest BCUT2D eigenvalue weighted by Gasteiger charge is -2.22. The van der Waals surface area contributed by atoms with Gasteiger partial charge < -0.3 is 15.2 Å². The van der Waals surface area contributed by atoms with Gasteiger partial charge in [-0.3, -0.25) is 0 Å². The molecule has 4 heteroatoms. The smallest absolute Gasteiger partial charge is 0.338 e. The Morgan fingerprint density at radius 1 is 1.29 bits per heavy atom. The van der Waals surface area contributed by atoms with E-state index >= 15 is 0 Å². The van der Waals surface area contributed by atoms with Gasteiger partial charge in [-0.1, -0.05) is 19.8 Å². The van der Waals surface area contributed by atoms with Gasteiger partial charge in [-0.15, -0.1) is 0 Å². The molecule has 0 spiro atoms. The zero-order valence-electron chi connectivity index (χ0n) is 12.8. The summed E-state index contributed by atoms with van der Waals surface area (Å²) < 4.78 is 11.1. The summed E-state index contributed by atoms with van der Waals surface area (Å²) in [5.74, 6) is 0.353. The van der Waals surface area contributed by atoms with Crippen molar-refractivity contribution in [2.75, 3.05) is 12.3 Å². The van der Waals surface area contributed by atoms with Crippen LogP contribution in [0.15, 0.2) is 18.2 Å². The normalized spacial score (nSPS) is 15.7. The molecule has 1 fully saturated rings. The number of ether oxygens (including phenoxy) is 2. The van der Waals surface area contributed by atoms with Crippen LogP contribution < -0.4 is 10.5 Å². The maximum Gasteiger partial charge on any atom is 0.338 e. The fraction of sp³-hybridized carbons (Fsp3) is 0.588. The minimum Gasteiger partial charge on any atom is -0.491 e. The number of hydrogen-bond donors (Lipinski definition) is 1. The van der Waals surface area contributed by atoms with Crippen LogP contribution in [0.1, 0.15) is 62.2 Å². The Morgan fingerprint density at radius 3 is 2.71 bits per heavy atom. The molecule has 0 unspecified atom stereocenters. The largest absolute Gasteiger partial charge is 0.491 e. The van der Waals surface area contributed by atoms with E-state index in [-0.39, 0.29) is 12.1 Å². The predicted octanol–water partition coefficient (Wildman–Crippen LogP) is 3.94. The average Bonchev–Trinajstić information content (AvgIpc) is 2.50. The average molecular weight is 291 g/mol. The second kappa shape index (κ2) is 7.91. The molecule has 0 aromatic heterocycles. The predicted molar refractivity (Wildman–Crippen MR) is 83.5 cm³/mol. The van der Waals surface area contributed by atoms with Gasteiger partial charge in [-0.2, -0.15) is 0 Å². The number of rotatable bonds is 6. The van der Waals surface area contributed by atoms with Gasteiger partial charge in [0.1, 0.15) is 11.9 Å². The summed E-state index contributed by atoms with van der Waals surface area (Å²) in [6.45, 7) is 2.75. The Labute approximate surface area is 126 Å². The molecule has 21 heavy (non-hydrogen) atoms. The minimum absolute atomic E-state index is 0.0629. The number of carbonyl (C=O) groups excluding carboxylic acids is 1. The van der Waals surface area contributed by atoms with E-state index in [0.29, 0.717) is 23.6 Å². The molecule has 2 rings (SSSR count). The molecular formula is C17H25NO3. The number of esters is 1. The summed E-state index contributed by atoms with van der Waals surface area (Å²) in [5, 5.41) is 0. The molecule has 4 nitrogen and oxygen atoms in total. The van der Waals surface area contributed by atoms with Crippen LogP contribution in [0.3, 0.4) is 0 Å². The number of carbonyl (C=O) groups is 1. The van der Waals surface area contributed by atoms with Gasteiger partial charge >= 0.3 is 5.97 Å². The molecule has 116 valence electrons. The standard InChI is InChI=1S/C17H25NO3/c1-2-3-11-20-16-10-9-13(12-15(16)18)17(19)21-14-7-5-4-6-8-14/h9-10,12,14H,2-8,11,18H2,1H3. The molecule has 1 aromatic carbocycles. The topological polar surface area (TPSA) is 61.5 Å². The van der Waals surface area contributed by atoms with E-state index in [1.165, 1.54) is 6.42 Å². The van der Waals surface area contributed by atoms with Crippen LogP contribution in [0.25, 0.3) is 0 Å². The van der Waals surface area contributed by atoms with Crippen LogP contribution in [-0.2, 0) is 4.74 Å². The lowest BCUT2D eigenvalue weighted by Crippen LogP contribution is -2.21. The maximum absolute atomic E-state index is 12.1. The highest BCUT2D eigenvalue weighted by molar-refractivity contribution is 5.91. The van der Waals surface area contributed by atoms with Crippen molar-refractivity contribution in [1.29, 1.82) is 0 Å². The summed E-state index contributed by atoms with van der Waals surface area (Å²) in [4.78, 5) is 12.1. The third-order valence-corrected chi connectivity index (χ3v) is 3.83. The third-order valence-electron chi connectivity index (χ3n) is 3.83. The van der Waals surface area contributed by atoms with Crippen molar-refractivity contribution >= 4 is 11.7 Å². The first kappa shape index (κ1) is 15.7. The van der Waals surface area contributed by atoms with Crippen molar-refractivity contribution in [3.05, 3.63) is 23.8 Å². The van der Waals surface area contributed by atoms with Crippen molar-refractivity contribution in [2.24, 2.45) is 0 Å². The Bertz CT molecular complexity index is 467.